The van der Waals surface area contributed by atoms with Gasteiger partial charge in [0.05, 0.1) is 0 Å². The van der Waals surface area contributed by atoms with Crippen LogP contribution in [0.1, 0.15) is 18.4 Å². The molecule has 0 atom stereocenters. The Morgan fingerprint density at radius 3 is 2.87 bits per heavy atom. The minimum atomic E-state index is -0.228. The molecule has 15 heavy (non-hydrogen) atoms. The molecule has 0 bridgehead atoms. The summed E-state index contributed by atoms with van der Waals surface area (Å²) in [5.41, 5.74) is 6.44. The molecule has 0 heterocycles. The van der Waals surface area contributed by atoms with Crippen molar-refractivity contribution in [3.63, 3.8) is 0 Å². The van der Waals surface area contributed by atoms with Crippen LogP contribution in [-0.2, 0) is 6.54 Å². The van der Waals surface area contributed by atoms with Crippen molar-refractivity contribution in [1.29, 1.82) is 0 Å². The standard InChI is InChI=1S/C11H14ClFN2/c12-9-1-2-10(13)8(5-9)6-15-7-11(14)3-4-11/h1-2,5,15H,3-4,6-7,14H2. The van der Waals surface area contributed by atoms with Crippen LogP contribution in [0.4, 0.5) is 4.39 Å². The maximum Gasteiger partial charge on any atom is 0.127 e. The maximum atomic E-state index is 13.3. The van der Waals surface area contributed by atoms with E-state index >= 15 is 0 Å². The molecule has 4 heteroatoms. The van der Waals surface area contributed by atoms with E-state index in [1.54, 1.807) is 12.1 Å². The second-order valence-electron chi connectivity index (χ2n) is 4.20. The van der Waals surface area contributed by atoms with E-state index in [1.165, 1.54) is 6.07 Å². The van der Waals surface area contributed by atoms with Crippen molar-refractivity contribution < 1.29 is 4.39 Å². The largest absolute Gasteiger partial charge is 0.324 e. The molecule has 2 rings (SSSR count). The van der Waals surface area contributed by atoms with Gasteiger partial charge in [-0.2, -0.15) is 0 Å². The van der Waals surface area contributed by atoms with Crippen molar-refractivity contribution in [1.82, 2.24) is 5.32 Å². The number of nitrogens with two attached hydrogens (primary N) is 1. The Hall–Kier alpha value is -0.640. The van der Waals surface area contributed by atoms with Crippen molar-refractivity contribution in [2.45, 2.75) is 24.9 Å². The smallest absolute Gasteiger partial charge is 0.127 e. The van der Waals surface area contributed by atoms with Gasteiger partial charge < -0.3 is 11.1 Å². The number of nitrogens with one attached hydrogen (secondary N) is 1. The molecule has 82 valence electrons. The van der Waals surface area contributed by atoms with Gasteiger partial charge in [0.1, 0.15) is 5.82 Å². The Balaban J connectivity index is 1.89. The van der Waals surface area contributed by atoms with E-state index in [-0.39, 0.29) is 11.4 Å². The first-order valence-corrected chi connectivity index (χ1v) is 5.40. The fraction of sp³-hybridized carbons (Fsp3) is 0.455. The van der Waals surface area contributed by atoms with Gasteiger partial charge >= 0.3 is 0 Å². The molecule has 2 nitrogen and oxygen atoms in total. The highest BCUT2D eigenvalue weighted by Crippen LogP contribution is 2.31. The summed E-state index contributed by atoms with van der Waals surface area (Å²) in [7, 11) is 0. The molecule has 3 N–H and O–H groups in total. The first-order valence-electron chi connectivity index (χ1n) is 5.03. The van der Waals surface area contributed by atoms with Crippen LogP contribution in [0.3, 0.4) is 0 Å². The minimum absolute atomic E-state index is 0.0466. The van der Waals surface area contributed by atoms with Gasteiger partial charge in [-0.3, -0.25) is 0 Å². The SMILES string of the molecule is NC1(CNCc2cc(Cl)ccc2F)CC1. The van der Waals surface area contributed by atoms with Gasteiger partial charge in [0, 0.05) is 29.2 Å². The van der Waals surface area contributed by atoms with Gasteiger partial charge in [0.25, 0.3) is 0 Å². The summed E-state index contributed by atoms with van der Waals surface area (Å²) < 4.78 is 13.3. The van der Waals surface area contributed by atoms with Gasteiger partial charge in [-0.05, 0) is 31.0 Å². The number of rotatable bonds is 4. The third-order valence-corrected chi connectivity index (χ3v) is 2.93. The predicted octanol–water partition coefficient (Wildman–Crippen LogP) is 2.06. The molecule has 0 saturated heterocycles. The summed E-state index contributed by atoms with van der Waals surface area (Å²) in [5.74, 6) is -0.228. The Morgan fingerprint density at radius 1 is 1.47 bits per heavy atom. The average Bonchev–Trinajstić information content (AvgIpc) is 2.90. The van der Waals surface area contributed by atoms with E-state index in [4.69, 9.17) is 17.3 Å². The van der Waals surface area contributed by atoms with Gasteiger partial charge in [-0.25, -0.2) is 4.39 Å². The number of hydrogen-bond acceptors (Lipinski definition) is 2. The molecule has 1 aromatic rings. The average molecular weight is 229 g/mol. The van der Waals surface area contributed by atoms with Gasteiger partial charge in [0.2, 0.25) is 0 Å². The fourth-order valence-electron chi connectivity index (χ4n) is 1.46. The highest BCUT2D eigenvalue weighted by Gasteiger charge is 2.37. The topological polar surface area (TPSA) is 38.0 Å². The third-order valence-electron chi connectivity index (χ3n) is 2.69. The second kappa shape index (κ2) is 4.08. The molecule has 0 aliphatic heterocycles. The highest BCUT2D eigenvalue weighted by atomic mass is 35.5. The van der Waals surface area contributed by atoms with Crippen molar-refractivity contribution in [2.24, 2.45) is 5.73 Å². The summed E-state index contributed by atoms with van der Waals surface area (Å²) in [4.78, 5) is 0. The van der Waals surface area contributed by atoms with E-state index in [1.807, 2.05) is 0 Å². The van der Waals surface area contributed by atoms with Gasteiger partial charge in [0.15, 0.2) is 0 Å². The Morgan fingerprint density at radius 2 is 2.20 bits per heavy atom. The molecule has 0 spiro atoms. The van der Waals surface area contributed by atoms with Crippen LogP contribution in [0.2, 0.25) is 5.02 Å². The Labute approximate surface area is 93.6 Å². The molecule has 1 fully saturated rings. The second-order valence-corrected chi connectivity index (χ2v) is 4.64. The lowest BCUT2D eigenvalue weighted by molar-refractivity contribution is 0.547. The quantitative estimate of drug-likeness (QED) is 0.828. The van der Waals surface area contributed by atoms with Crippen molar-refractivity contribution in [3.8, 4) is 0 Å². The first-order chi connectivity index (χ1) is 7.09. The fourth-order valence-corrected chi connectivity index (χ4v) is 1.66. The lowest BCUT2D eigenvalue weighted by Crippen LogP contribution is -2.35. The predicted molar refractivity (Wildman–Crippen MR) is 59.3 cm³/mol. The third kappa shape index (κ3) is 2.91. The molecule has 0 amide bonds. The van der Waals surface area contributed by atoms with Crippen molar-refractivity contribution in [3.05, 3.63) is 34.6 Å². The lowest BCUT2D eigenvalue weighted by atomic mass is 10.2. The van der Waals surface area contributed by atoms with E-state index < -0.39 is 0 Å². The van der Waals surface area contributed by atoms with E-state index in [9.17, 15) is 4.39 Å². The highest BCUT2D eigenvalue weighted by molar-refractivity contribution is 6.30. The van der Waals surface area contributed by atoms with Crippen LogP contribution in [0.15, 0.2) is 18.2 Å². The van der Waals surface area contributed by atoms with Crippen molar-refractivity contribution in [2.75, 3.05) is 6.54 Å². The number of benzene rings is 1. The summed E-state index contributed by atoms with van der Waals surface area (Å²) in [6, 6.07) is 4.57. The molecule has 1 aliphatic rings. The molecular weight excluding hydrogens is 215 g/mol. The zero-order chi connectivity index (χ0) is 10.9. The molecule has 0 radical (unpaired) electrons. The van der Waals surface area contributed by atoms with E-state index in [0.29, 0.717) is 17.1 Å². The normalized spacial score (nSPS) is 17.8. The Bertz CT molecular complexity index is 364. The number of halogens is 2. The van der Waals surface area contributed by atoms with Gasteiger partial charge in [-0.15, -0.1) is 0 Å². The molecule has 0 unspecified atom stereocenters. The monoisotopic (exact) mass is 228 g/mol. The van der Waals surface area contributed by atoms with Crippen LogP contribution in [-0.4, -0.2) is 12.1 Å². The van der Waals surface area contributed by atoms with Crippen LogP contribution in [0.25, 0.3) is 0 Å². The first kappa shape index (κ1) is 10.9. The van der Waals surface area contributed by atoms with Crippen LogP contribution < -0.4 is 11.1 Å². The van der Waals surface area contributed by atoms with E-state index in [0.717, 1.165) is 19.4 Å². The molecular formula is C11H14ClFN2. The maximum absolute atomic E-state index is 13.3. The van der Waals surface area contributed by atoms with Crippen molar-refractivity contribution >= 4 is 11.6 Å². The lowest BCUT2D eigenvalue weighted by Gasteiger charge is -2.10. The van der Waals surface area contributed by atoms with Crippen LogP contribution in [0.5, 0.6) is 0 Å². The molecule has 1 aromatic carbocycles. The number of hydrogen-bond donors (Lipinski definition) is 2. The van der Waals surface area contributed by atoms with Crippen LogP contribution >= 0.6 is 11.6 Å². The molecule has 1 saturated carbocycles. The summed E-state index contributed by atoms with van der Waals surface area (Å²) in [5, 5.41) is 3.71. The van der Waals surface area contributed by atoms with Gasteiger partial charge in [-0.1, -0.05) is 11.6 Å². The zero-order valence-electron chi connectivity index (χ0n) is 8.39. The van der Waals surface area contributed by atoms with E-state index in [2.05, 4.69) is 5.32 Å². The Kier molecular flexibility index (Phi) is 2.96. The molecule has 1 aliphatic carbocycles. The minimum Gasteiger partial charge on any atom is -0.324 e. The molecule has 0 aromatic heterocycles. The summed E-state index contributed by atoms with van der Waals surface area (Å²) >= 11 is 5.78. The zero-order valence-corrected chi connectivity index (χ0v) is 9.15. The summed E-state index contributed by atoms with van der Waals surface area (Å²) in [6.45, 7) is 1.21. The summed E-state index contributed by atoms with van der Waals surface area (Å²) in [6.07, 6.45) is 2.11. The van der Waals surface area contributed by atoms with Crippen LogP contribution in [0, 0.1) is 5.82 Å².